The summed E-state index contributed by atoms with van der Waals surface area (Å²) >= 11 is 0. The van der Waals surface area contributed by atoms with Gasteiger partial charge in [0, 0.05) is 11.6 Å². The molecule has 0 aromatic carbocycles. The molecule has 0 aliphatic carbocycles. The molecule has 0 saturated heterocycles. The molecule has 0 saturated carbocycles. The summed E-state index contributed by atoms with van der Waals surface area (Å²) in [6.45, 7) is 17.3. The van der Waals surface area contributed by atoms with Gasteiger partial charge >= 0.3 is 11.9 Å². The summed E-state index contributed by atoms with van der Waals surface area (Å²) in [6.07, 6.45) is 1.17. The van der Waals surface area contributed by atoms with Crippen molar-refractivity contribution in [2.45, 2.75) is 34.6 Å². The molecule has 0 aliphatic heterocycles. The van der Waals surface area contributed by atoms with Crippen LogP contribution in [0.2, 0.25) is 0 Å². The highest BCUT2D eigenvalue weighted by atomic mass is 16.5. The van der Waals surface area contributed by atoms with Gasteiger partial charge in [-0.25, -0.2) is 9.59 Å². The molecule has 19 heavy (non-hydrogen) atoms. The molecule has 0 spiro atoms. The second-order valence-corrected chi connectivity index (χ2v) is 5.00. The lowest BCUT2D eigenvalue weighted by Crippen LogP contribution is -2.09. The average molecular weight is 270 g/mol. The summed E-state index contributed by atoms with van der Waals surface area (Å²) in [5, 5.41) is 0. The Labute approximate surface area is 116 Å². The van der Waals surface area contributed by atoms with Crippen LogP contribution in [-0.4, -0.2) is 25.2 Å². The lowest BCUT2D eigenvalue weighted by atomic mass is 10.2. The van der Waals surface area contributed by atoms with E-state index in [1.54, 1.807) is 6.92 Å². The van der Waals surface area contributed by atoms with Gasteiger partial charge in [-0.3, -0.25) is 0 Å². The number of ether oxygens (including phenoxy) is 2. The fourth-order valence-electron chi connectivity index (χ4n) is 0.673. The molecule has 0 bridgehead atoms. The Hall–Kier alpha value is -1.58. The lowest BCUT2D eigenvalue weighted by Gasteiger charge is -2.05. The van der Waals surface area contributed by atoms with Gasteiger partial charge in [0.25, 0.3) is 0 Å². The number of esters is 2. The van der Waals surface area contributed by atoms with Crippen molar-refractivity contribution in [3.05, 3.63) is 24.8 Å². The normalized spacial score (nSPS) is 9.42. The van der Waals surface area contributed by atoms with Crippen LogP contribution in [0.15, 0.2) is 24.8 Å². The third-order valence-corrected chi connectivity index (χ3v) is 1.62. The maximum absolute atomic E-state index is 10.7. The van der Waals surface area contributed by atoms with Crippen LogP contribution in [0.25, 0.3) is 0 Å². The SMILES string of the molecule is C=C(C)C(=O)OCC(C)C.C=CC(=O)OCC(C)C. The van der Waals surface area contributed by atoms with Gasteiger partial charge in [-0.1, -0.05) is 40.9 Å². The second kappa shape index (κ2) is 11.5. The van der Waals surface area contributed by atoms with Crippen molar-refractivity contribution < 1.29 is 19.1 Å². The Morgan fingerprint density at radius 2 is 1.47 bits per heavy atom. The molecule has 0 N–H and O–H groups in total. The molecule has 0 aromatic heterocycles. The fraction of sp³-hybridized carbons (Fsp3) is 0.600. The molecule has 110 valence electrons. The van der Waals surface area contributed by atoms with E-state index in [2.05, 4.69) is 13.2 Å². The first-order valence-electron chi connectivity index (χ1n) is 6.32. The zero-order valence-corrected chi connectivity index (χ0v) is 12.7. The van der Waals surface area contributed by atoms with Crippen LogP contribution in [0.5, 0.6) is 0 Å². The van der Waals surface area contributed by atoms with Crippen molar-refractivity contribution in [3.8, 4) is 0 Å². The average Bonchev–Trinajstić information content (AvgIpc) is 2.33. The predicted molar refractivity (Wildman–Crippen MR) is 76.6 cm³/mol. The van der Waals surface area contributed by atoms with E-state index in [1.165, 1.54) is 6.08 Å². The third-order valence-electron chi connectivity index (χ3n) is 1.62. The highest BCUT2D eigenvalue weighted by Gasteiger charge is 2.03. The molecular formula is C15H26O4. The van der Waals surface area contributed by atoms with Gasteiger partial charge in [0.2, 0.25) is 0 Å². The molecule has 0 rings (SSSR count). The zero-order valence-electron chi connectivity index (χ0n) is 12.7. The molecular weight excluding hydrogens is 244 g/mol. The fourth-order valence-corrected chi connectivity index (χ4v) is 0.673. The maximum Gasteiger partial charge on any atom is 0.333 e. The third kappa shape index (κ3) is 16.4. The van der Waals surface area contributed by atoms with Crippen LogP contribution in [0.3, 0.4) is 0 Å². The first-order valence-corrected chi connectivity index (χ1v) is 6.32. The van der Waals surface area contributed by atoms with Crippen LogP contribution in [0, 0.1) is 11.8 Å². The molecule has 0 fully saturated rings. The van der Waals surface area contributed by atoms with Crippen molar-refractivity contribution in [2.24, 2.45) is 11.8 Å². The molecule has 0 unspecified atom stereocenters. The summed E-state index contributed by atoms with van der Waals surface area (Å²) in [4.78, 5) is 21.1. The summed E-state index contributed by atoms with van der Waals surface area (Å²) in [6, 6.07) is 0. The summed E-state index contributed by atoms with van der Waals surface area (Å²) in [7, 11) is 0. The van der Waals surface area contributed by atoms with E-state index in [1.807, 2.05) is 27.7 Å². The molecule has 0 heterocycles. The Morgan fingerprint density at radius 1 is 1.05 bits per heavy atom. The van der Waals surface area contributed by atoms with Crippen LogP contribution < -0.4 is 0 Å². The summed E-state index contributed by atoms with van der Waals surface area (Å²) in [5.74, 6) is 0.148. The smallest absolute Gasteiger partial charge is 0.333 e. The highest BCUT2D eigenvalue weighted by molar-refractivity contribution is 5.86. The number of carbonyl (C=O) groups excluding carboxylic acids is 2. The van der Waals surface area contributed by atoms with E-state index >= 15 is 0 Å². The van der Waals surface area contributed by atoms with Crippen molar-refractivity contribution in [2.75, 3.05) is 13.2 Å². The van der Waals surface area contributed by atoms with E-state index < -0.39 is 0 Å². The Balaban J connectivity index is 0. The Bertz CT molecular complexity index is 303. The molecule has 0 radical (unpaired) electrons. The number of hydrogen-bond acceptors (Lipinski definition) is 4. The van der Waals surface area contributed by atoms with E-state index in [9.17, 15) is 9.59 Å². The van der Waals surface area contributed by atoms with Crippen LogP contribution in [0.4, 0.5) is 0 Å². The van der Waals surface area contributed by atoms with Crippen molar-refractivity contribution in [1.29, 1.82) is 0 Å². The van der Waals surface area contributed by atoms with E-state index in [0.717, 1.165) is 0 Å². The molecule has 0 aliphatic rings. The first-order chi connectivity index (χ1) is 8.70. The number of hydrogen-bond donors (Lipinski definition) is 0. The van der Waals surface area contributed by atoms with Crippen LogP contribution in [0.1, 0.15) is 34.6 Å². The minimum absolute atomic E-state index is 0.297. The maximum atomic E-state index is 10.7. The topological polar surface area (TPSA) is 52.6 Å². The highest BCUT2D eigenvalue weighted by Crippen LogP contribution is 1.97. The molecule has 4 heteroatoms. The Morgan fingerprint density at radius 3 is 1.79 bits per heavy atom. The minimum atomic E-state index is -0.344. The van der Waals surface area contributed by atoms with E-state index in [4.69, 9.17) is 9.47 Å². The van der Waals surface area contributed by atoms with Gasteiger partial charge in [-0.15, -0.1) is 0 Å². The second-order valence-electron chi connectivity index (χ2n) is 5.00. The predicted octanol–water partition coefficient (Wildman–Crippen LogP) is 3.13. The molecule has 0 amide bonds. The molecule has 0 aromatic rings. The quantitative estimate of drug-likeness (QED) is 0.549. The van der Waals surface area contributed by atoms with Crippen molar-refractivity contribution in [3.63, 3.8) is 0 Å². The summed E-state index contributed by atoms with van der Waals surface area (Å²) in [5.41, 5.74) is 0.459. The Kier molecular flexibility index (Phi) is 12.0. The molecule has 0 atom stereocenters. The molecule has 4 nitrogen and oxygen atoms in total. The van der Waals surface area contributed by atoms with Gasteiger partial charge in [0.05, 0.1) is 13.2 Å². The van der Waals surface area contributed by atoms with Crippen molar-refractivity contribution in [1.82, 2.24) is 0 Å². The standard InChI is InChI=1S/C8H14O2.C7H12O2/c1-6(2)5-10-8(9)7(3)4;1-4-7(8)9-5-6(2)3/h6H,3,5H2,1-2,4H3;4,6H,1,5H2,2-3H3. The first kappa shape index (κ1) is 19.8. The van der Waals surface area contributed by atoms with Gasteiger partial charge < -0.3 is 9.47 Å². The zero-order chi connectivity index (χ0) is 15.4. The lowest BCUT2D eigenvalue weighted by molar-refractivity contribution is -0.140. The van der Waals surface area contributed by atoms with Crippen LogP contribution in [-0.2, 0) is 19.1 Å². The van der Waals surface area contributed by atoms with Gasteiger partial charge in [-0.2, -0.15) is 0 Å². The summed E-state index contributed by atoms with van der Waals surface area (Å²) < 4.78 is 9.52. The number of rotatable bonds is 6. The van der Waals surface area contributed by atoms with E-state index in [-0.39, 0.29) is 11.9 Å². The largest absolute Gasteiger partial charge is 0.462 e. The minimum Gasteiger partial charge on any atom is -0.462 e. The van der Waals surface area contributed by atoms with Gasteiger partial charge in [0.15, 0.2) is 0 Å². The van der Waals surface area contributed by atoms with Crippen molar-refractivity contribution >= 4 is 11.9 Å². The van der Waals surface area contributed by atoms with E-state index in [0.29, 0.717) is 30.6 Å². The van der Waals surface area contributed by atoms with Gasteiger partial charge in [0.1, 0.15) is 0 Å². The van der Waals surface area contributed by atoms with Gasteiger partial charge in [-0.05, 0) is 18.8 Å². The monoisotopic (exact) mass is 270 g/mol. The van der Waals surface area contributed by atoms with Crippen LogP contribution >= 0.6 is 0 Å². The number of carbonyl (C=O) groups is 2.